The van der Waals surface area contributed by atoms with Crippen LogP contribution in [0.4, 0.5) is 0 Å². The van der Waals surface area contributed by atoms with Gasteiger partial charge in [-0.25, -0.2) is 0 Å². The van der Waals surface area contributed by atoms with Crippen molar-refractivity contribution < 1.29 is 64.6 Å². The molecule has 14 nitrogen and oxygen atoms in total. The highest BCUT2D eigenvalue weighted by atomic mass is 16.7. The fourth-order valence-electron chi connectivity index (χ4n) is 9.39. The Morgan fingerprint density at radius 1 is 0.440 bits per heavy atom. The summed E-state index contributed by atoms with van der Waals surface area (Å²) in [4.78, 5) is 13.3. The number of amides is 1. The normalized spacial score (nSPS) is 24.7. The van der Waals surface area contributed by atoms with Gasteiger partial charge in [-0.05, 0) is 109 Å². The summed E-state index contributed by atoms with van der Waals surface area (Å²) >= 11 is 0. The van der Waals surface area contributed by atoms with Crippen LogP contribution in [0.5, 0.6) is 0 Å². The van der Waals surface area contributed by atoms with Crippen LogP contribution in [0, 0.1) is 0 Å². The van der Waals surface area contributed by atoms with Crippen LogP contribution in [0.25, 0.3) is 0 Å². The first-order valence-corrected chi connectivity index (χ1v) is 32.1. The maximum atomic E-state index is 13.3. The Morgan fingerprint density at radius 2 is 0.833 bits per heavy atom. The lowest BCUT2D eigenvalue weighted by Crippen LogP contribution is -2.65. The second kappa shape index (κ2) is 53.1. The molecule has 2 saturated heterocycles. The van der Waals surface area contributed by atoms with Gasteiger partial charge in [0.1, 0.15) is 48.8 Å². The van der Waals surface area contributed by atoms with Crippen molar-refractivity contribution in [2.75, 3.05) is 19.8 Å². The number of carbonyl (C=O) groups excluding carboxylic acids is 1. The topological polar surface area (TPSA) is 228 Å². The second-order valence-electron chi connectivity index (χ2n) is 21.8. The summed E-state index contributed by atoms with van der Waals surface area (Å²) in [6.07, 6.45) is 63.3. The molecule has 0 aliphatic carbocycles. The highest BCUT2D eigenvalue weighted by molar-refractivity contribution is 5.76. The number of allylic oxidation sites excluding steroid dienone is 23. The predicted octanol–water partition coefficient (Wildman–Crippen LogP) is 12.1. The quantitative estimate of drug-likeness (QED) is 0.0204. The van der Waals surface area contributed by atoms with Crippen LogP contribution in [-0.2, 0) is 23.7 Å². The summed E-state index contributed by atoms with van der Waals surface area (Å²) in [5.41, 5.74) is 0. The molecule has 2 heterocycles. The van der Waals surface area contributed by atoms with Gasteiger partial charge < -0.3 is 65.1 Å². The molecule has 0 spiro atoms. The van der Waals surface area contributed by atoms with E-state index < -0.39 is 86.8 Å². The van der Waals surface area contributed by atoms with Gasteiger partial charge in [-0.1, -0.05) is 224 Å². The van der Waals surface area contributed by atoms with Crippen molar-refractivity contribution in [1.29, 1.82) is 0 Å². The van der Waals surface area contributed by atoms with Crippen LogP contribution in [0.3, 0.4) is 0 Å². The molecule has 2 aliphatic heterocycles. The Kier molecular flexibility index (Phi) is 48.1. The number of rotatable bonds is 49. The highest BCUT2D eigenvalue weighted by Crippen LogP contribution is 2.30. The highest BCUT2D eigenvalue weighted by Gasteiger charge is 2.51. The van der Waals surface area contributed by atoms with Crippen molar-refractivity contribution in [3.63, 3.8) is 0 Å². The average molecular weight is 1180 g/mol. The minimum absolute atomic E-state index is 0.246. The number of carbonyl (C=O) groups is 1. The van der Waals surface area contributed by atoms with Crippen LogP contribution in [0.2, 0.25) is 0 Å². The van der Waals surface area contributed by atoms with E-state index in [4.69, 9.17) is 18.9 Å². The number of hydrogen-bond acceptors (Lipinski definition) is 13. The average Bonchev–Trinajstić information content (AvgIpc) is 2.58. The van der Waals surface area contributed by atoms with Gasteiger partial charge in [0.05, 0.1) is 32.0 Å². The molecule has 0 saturated carbocycles. The van der Waals surface area contributed by atoms with Crippen molar-refractivity contribution in [1.82, 2.24) is 5.32 Å². The SMILES string of the molecule is CC/C=C\C/C=C\C/C=C\C/C=C\C/C=C\C/C=C\C/C=C\C/C=C\C/C=C\C/C=C\CCCCCCCCC(=O)NC(COC1OC(CO)C(OC2OC(CO)C(O)C(O)C2O)C(O)C1O)C(O)/C=C/CC/C=C/CCCCCCCCC. The zero-order chi connectivity index (χ0) is 60.9. The molecule has 0 bridgehead atoms. The van der Waals surface area contributed by atoms with Crippen molar-refractivity contribution in [3.8, 4) is 0 Å². The summed E-state index contributed by atoms with van der Waals surface area (Å²) in [6, 6.07) is -0.950. The summed E-state index contributed by atoms with van der Waals surface area (Å²) in [7, 11) is 0. The Balaban J connectivity index is 1.67. The van der Waals surface area contributed by atoms with Gasteiger partial charge in [0.15, 0.2) is 12.6 Å². The Bertz CT molecular complexity index is 1970. The van der Waals surface area contributed by atoms with E-state index in [0.29, 0.717) is 12.8 Å². The third kappa shape index (κ3) is 37.4. The first kappa shape index (κ1) is 76.0. The van der Waals surface area contributed by atoms with Crippen LogP contribution < -0.4 is 5.32 Å². The largest absolute Gasteiger partial charge is 0.394 e. The lowest BCUT2D eigenvalue weighted by atomic mass is 9.97. The molecule has 2 fully saturated rings. The van der Waals surface area contributed by atoms with Gasteiger partial charge in [-0.15, -0.1) is 0 Å². The van der Waals surface area contributed by atoms with Crippen LogP contribution in [0.15, 0.2) is 146 Å². The third-order valence-corrected chi connectivity index (χ3v) is 14.5. The van der Waals surface area contributed by atoms with Gasteiger partial charge in [0, 0.05) is 6.42 Å². The van der Waals surface area contributed by atoms with Crippen molar-refractivity contribution in [2.45, 2.75) is 267 Å². The fourth-order valence-corrected chi connectivity index (χ4v) is 9.39. The van der Waals surface area contributed by atoms with E-state index in [9.17, 15) is 45.6 Å². The van der Waals surface area contributed by atoms with E-state index >= 15 is 0 Å². The van der Waals surface area contributed by atoms with Gasteiger partial charge in [0.2, 0.25) is 5.91 Å². The van der Waals surface area contributed by atoms with Gasteiger partial charge >= 0.3 is 0 Å². The number of aliphatic hydroxyl groups excluding tert-OH is 8. The van der Waals surface area contributed by atoms with Crippen LogP contribution in [0.1, 0.15) is 194 Å². The minimum atomic E-state index is -1.80. The molecule has 2 aliphatic rings. The molecule has 12 atom stereocenters. The first-order valence-electron chi connectivity index (χ1n) is 32.1. The second-order valence-corrected chi connectivity index (χ2v) is 21.8. The Hall–Kier alpha value is -4.13. The number of ether oxygens (including phenoxy) is 4. The maximum absolute atomic E-state index is 13.3. The molecule has 9 N–H and O–H groups in total. The number of aliphatic hydroxyl groups is 8. The third-order valence-electron chi connectivity index (χ3n) is 14.5. The standard InChI is InChI=1S/C70H113NO13/c1-3-5-7-9-11-13-15-17-18-19-20-21-22-23-24-25-26-27-28-29-30-31-32-33-34-35-36-37-38-39-40-42-44-46-48-50-52-54-62(75)71-58(59(74)53-51-49-47-45-43-41-16-14-12-10-8-6-4-2)57-81-69-67(80)65(78)68(61(56-73)83-69)84-70-66(79)64(77)63(76)60(55-72)82-70/h5,7,11,13,17-18,20-21,23-24,26-27,29-30,32-33,35-36,38-39,43,45,51,53,58-61,63-70,72-74,76-80H,3-4,6,8-10,12,14-16,19,22,25,28,31,34,37,40-42,44,46-50,52,54-57H2,1-2H3,(H,71,75)/b7-5-,13-11-,18-17-,21-20-,24-23-,27-26-,30-29-,33-32-,36-35-,39-38-,45-43+,53-51+. The van der Waals surface area contributed by atoms with E-state index in [1.54, 1.807) is 6.08 Å². The molecule has 1 amide bonds. The van der Waals surface area contributed by atoms with E-state index in [-0.39, 0.29) is 18.9 Å². The molecule has 2 rings (SSSR count). The van der Waals surface area contributed by atoms with E-state index in [2.05, 4.69) is 153 Å². The molecule has 0 radical (unpaired) electrons. The van der Waals surface area contributed by atoms with E-state index in [1.807, 2.05) is 6.08 Å². The van der Waals surface area contributed by atoms with Gasteiger partial charge in [0.25, 0.3) is 0 Å². The van der Waals surface area contributed by atoms with Crippen LogP contribution >= 0.6 is 0 Å². The summed E-state index contributed by atoms with van der Waals surface area (Å²) in [5, 5.41) is 87.0. The monoisotopic (exact) mass is 1180 g/mol. The molecule has 476 valence electrons. The van der Waals surface area contributed by atoms with E-state index in [0.717, 1.165) is 116 Å². The lowest BCUT2D eigenvalue weighted by molar-refractivity contribution is -0.359. The molecule has 12 unspecified atom stereocenters. The molecule has 14 heteroatoms. The first-order chi connectivity index (χ1) is 41.1. The van der Waals surface area contributed by atoms with Gasteiger partial charge in [-0.2, -0.15) is 0 Å². The zero-order valence-electron chi connectivity index (χ0n) is 51.3. The predicted molar refractivity (Wildman–Crippen MR) is 341 cm³/mol. The number of nitrogens with one attached hydrogen (secondary N) is 1. The van der Waals surface area contributed by atoms with Crippen molar-refractivity contribution in [2.24, 2.45) is 0 Å². The zero-order valence-corrected chi connectivity index (χ0v) is 51.3. The molecule has 84 heavy (non-hydrogen) atoms. The van der Waals surface area contributed by atoms with E-state index in [1.165, 1.54) is 44.9 Å². The Labute approximate surface area is 506 Å². The molecular formula is C70H113NO13. The van der Waals surface area contributed by atoms with Crippen molar-refractivity contribution in [3.05, 3.63) is 146 Å². The molecule has 0 aromatic heterocycles. The fraction of sp³-hybridized carbons (Fsp3) is 0.643. The van der Waals surface area contributed by atoms with Crippen molar-refractivity contribution >= 4 is 5.91 Å². The number of hydrogen-bond donors (Lipinski definition) is 9. The van der Waals surface area contributed by atoms with Crippen LogP contribution in [-0.4, -0.2) is 140 Å². The smallest absolute Gasteiger partial charge is 0.220 e. The number of unbranched alkanes of at least 4 members (excludes halogenated alkanes) is 14. The lowest BCUT2D eigenvalue weighted by Gasteiger charge is -2.46. The molecular weight excluding hydrogens is 1060 g/mol. The maximum Gasteiger partial charge on any atom is 0.220 e. The summed E-state index contributed by atoms with van der Waals surface area (Å²) in [6.45, 7) is 2.61. The molecule has 0 aromatic rings. The summed E-state index contributed by atoms with van der Waals surface area (Å²) < 4.78 is 22.7. The van der Waals surface area contributed by atoms with Gasteiger partial charge in [-0.3, -0.25) is 4.79 Å². The molecule has 0 aromatic carbocycles. The minimum Gasteiger partial charge on any atom is -0.394 e. The Morgan fingerprint density at radius 3 is 1.31 bits per heavy atom. The summed E-state index contributed by atoms with van der Waals surface area (Å²) in [5.74, 6) is -0.272.